The lowest BCUT2D eigenvalue weighted by molar-refractivity contribution is -0.377. The highest BCUT2D eigenvalue weighted by atomic mass is 16.4. The van der Waals surface area contributed by atoms with Crippen molar-refractivity contribution < 1.29 is 9.40 Å². The highest BCUT2D eigenvalue weighted by molar-refractivity contribution is 5.90. The van der Waals surface area contributed by atoms with Gasteiger partial charge in [-0.3, -0.25) is 0 Å². The number of rotatable bonds is 1. The SMILES string of the molecule is O=c1oc2c3c4c(cc2cc1-c1cc[nH+]cc1)CCCN4CCC3. The highest BCUT2D eigenvalue weighted by Crippen LogP contribution is 2.40. The Balaban J connectivity index is 1.80. The zero-order valence-electron chi connectivity index (χ0n) is 13.5. The minimum absolute atomic E-state index is 0.252. The van der Waals surface area contributed by atoms with Crippen LogP contribution in [0, 0.1) is 0 Å². The number of nitrogens with one attached hydrogen (secondary N) is 1. The number of anilines is 1. The van der Waals surface area contributed by atoms with E-state index in [9.17, 15) is 4.79 Å². The van der Waals surface area contributed by atoms with Crippen LogP contribution in [0.25, 0.3) is 22.1 Å². The molecule has 24 heavy (non-hydrogen) atoms. The lowest BCUT2D eigenvalue weighted by Crippen LogP contribution is -2.34. The number of aryl methyl sites for hydroxylation is 2. The Kier molecular flexibility index (Phi) is 2.98. The van der Waals surface area contributed by atoms with E-state index < -0.39 is 0 Å². The summed E-state index contributed by atoms with van der Waals surface area (Å²) >= 11 is 0. The summed E-state index contributed by atoms with van der Waals surface area (Å²) in [6.07, 6.45) is 8.10. The van der Waals surface area contributed by atoms with E-state index in [1.807, 2.05) is 30.6 Å². The van der Waals surface area contributed by atoms with Crippen molar-refractivity contribution in [1.82, 2.24) is 0 Å². The van der Waals surface area contributed by atoms with E-state index in [0.29, 0.717) is 5.56 Å². The van der Waals surface area contributed by atoms with Crippen LogP contribution < -0.4 is 15.5 Å². The Labute approximate surface area is 139 Å². The fourth-order valence-corrected chi connectivity index (χ4v) is 4.21. The summed E-state index contributed by atoms with van der Waals surface area (Å²) in [5, 5.41) is 1.05. The third kappa shape index (κ3) is 1.99. The molecule has 4 nitrogen and oxygen atoms in total. The van der Waals surface area contributed by atoms with Crippen LogP contribution in [-0.4, -0.2) is 13.1 Å². The predicted octanol–water partition coefficient (Wildman–Crippen LogP) is 2.97. The Morgan fingerprint density at radius 2 is 1.83 bits per heavy atom. The molecule has 2 aliphatic rings. The van der Waals surface area contributed by atoms with Crippen LogP contribution in [0.3, 0.4) is 0 Å². The number of aromatic nitrogens is 1. The minimum atomic E-state index is -0.252. The second-order valence-corrected chi connectivity index (χ2v) is 6.71. The fourth-order valence-electron chi connectivity index (χ4n) is 4.21. The van der Waals surface area contributed by atoms with Gasteiger partial charge in [0.2, 0.25) is 0 Å². The van der Waals surface area contributed by atoms with E-state index in [2.05, 4.69) is 16.0 Å². The molecule has 0 fully saturated rings. The zero-order chi connectivity index (χ0) is 16.1. The molecule has 0 aliphatic carbocycles. The highest BCUT2D eigenvalue weighted by Gasteiger charge is 2.27. The van der Waals surface area contributed by atoms with E-state index in [1.54, 1.807) is 0 Å². The van der Waals surface area contributed by atoms with E-state index in [4.69, 9.17) is 4.42 Å². The first-order valence-corrected chi connectivity index (χ1v) is 8.65. The molecule has 0 bridgehead atoms. The summed E-state index contributed by atoms with van der Waals surface area (Å²) in [6, 6.07) is 8.04. The molecule has 4 heterocycles. The van der Waals surface area contributed by atoms with Crippen molar-refractivity contribution in [1.29, 1.82) is 0 Å². The van der Waals surface area contributed by atoms with Crippen LogP contribution in [-0.2, 0) is 12.8 Å². The van der Waals surface area contributed by atoms with E-state index >= 15 is 0 Å². The maximum Gasteiger partial charge on any atom is 0.344 e. The number of fused-ring (bicyclic) bond motifs is 2. The molecule has 2 aliphatic heterocycles. The monoisotopic (exact) mass is 319 g/mol. The maximum absolute atomic E-state index is 12.6. The van der Waals surface area contributed by atoms with Gasteiger partial charge in [-0.2, -0.15) is 0 Å². The van der Waals surface area contributed by atoms with Gasteiger partial charge in [0.15, 0.2) is 12.4 Å². The Hall–Kier alpha value is -2.62. The van der Waals surface area contributed by atoms with Crippen molar-refractivity contribution in [3.8, 4) is 11.1 Å². The molecule has 1 N–H and O–H groups in total. The van der Waals surface area contributed by atoms with Crippen molar-refractivity contribution in [3.05, 3.63) is 58.2 Å². The van der Waals surface area contributed by atoms with Gasteiger partial charge in [-0.05, 0) is 43.4 Å². The van der Waals surface area contributed by atoms with Gasteiger partial charge in [0.25, 0.3) is 0 Å². The van der Waals surface area contributed by atoms with Crippen LogP contribution in [0.15, 0.2) is 45.9 Å². The fraction of sp³-hybridized carbons (Fsp3) is 0.300. The van der Waals surface area contributed by atoms with Gasteiger partial charge < -0.3 is 9.32 Å². The molecule has 120 valence electrons. The van der Waals surface area contributed by atoms with Crippen molar-refractivity contribution >= 4 is 16.7 Å². The van der Waals surface area contributed by atoms with Crippen molar-refractivity contribution in [3.63, 3.8) is 0 Å². The first-order chi connectivity index (χ1) is 11.8. The van der Waals surface area contributed by atoms with Gasteiger partial charge in [0.1, 0.15) is 5.58 Å². The molecule has 5 rings (SSSR count). The summed E-state index contributed by atoms with van der Waals surface area (Å²) in [7, 11) is 0. The Bertz CT molecular complexity index is 990. The quantitative estimate of drug-likeness (QED) is 0.648. The second kappa shape index (κ2) is 5.20. The molecule has 2 aromatic heterocycles. The van der Waals surface area contributed by atoms with Gasteiger partial charge in [-0.25, -0.2) is 9.78 Å². The molecular formula is C20H19N2O2+. The smallest absolute Gasteiger partial charge is 0.344 e. The van der Waals surface area contributed by atoms with E-state index in [-0.39, 0.29) is 5.63 Å². The number of aromatic amines is 1. The molecule has 3 aromatic rings. The largest absolute Gasteiger partial charge is 0.422 e. The number of hydrogen-bond acceptors (Lipinski definition) is 3. The molecule has 0 saturated carbocycles. The Morgan fingerprint density at radius 1 is 1.04 bits per heavy atom. The molecule has 1 aromatic carbocycles. The molecule has 0 atom stereocenters. The van der Waals surface area contributed by atoms with Crippen molar-refractivity contribution in [2.75, 3.05) is 18.0 Å². The second-order valence-electron chi connectivity index (χ2n) is 6.71. The van der Waals surface area contributed by atoms with Crippen molar-refractivity contribution in [2.24, 2.45) is 0 Å². The van der Waals surface area contributed by atoms with Gasteiger partial charge in [0.05, 0.1) is 5.56 Å². The summed E-state index contributed by atoms with van der Waals surface area (Å²) < 4.78 is 5.83. The third-order valence-electron chi connectivity index (χ3n) is 5.24. The lowest BCUT2D eigenvalue weighted by Gasteiger charge is -2.37. The Morgan fingerprint density at radius 3 is 2.67 bits per heavy atom. The van der Waals surface area contributed by atoms with Crippen LogP contribution in [0.1, 0.15) is 24.0 Å². The number of hydrogen-bond donors (Lipinski definition) is 0. The predicted molar refractivity (Wildman–Crippen MR) is 93.3 cm³/mol. The maximum atomic E-state index is 12.6. The lowest BCUT2D eigenvalue weighted by atomic mass is 9.89. The average molecular weight is 319 g/mol. The molecular weight excluding hydrogens is 300 g/mol. The first kappa shape index (κ1) is 13.8. The van der Waals surface area contributed by atoms with E-state index in [0.717, 1.165) is 48.9 Å². The molecule has 0 saturated heterocycles. The van der Waals surface area contributed by atoms with Crippen LogP contribution in [0.4, 0.5) is 5.69 Å². The molecule has 0 radical (unpaired) electrons. The number of pyridine rings is 1. The number of nitrogens with zero attached hydrogens (tertiary/aromatic N) is 1. The summed E-state index contributed by atoms with van der Waals surface area (Å²) in [5.41, 5.74) is 6.03. The molecule has 0 unspecified atom stereocenters. The summed E-state index contributed by atoms with van der Waals surface area (Å²) in [4.78, 5) is 18.0. The van der Waals surface area contributed by atoms with E-state index in [1.165, 1.54) is 23.2 Å². The van der Waals surface area contributed by atoms with Gasteiger partial charge in [0, 0.05) is 47.4 Å². The average Bonchev–Trinajstić information content (AvgIpc) is 2.63. The van der Waals surface area contributed by atoms with Gasteiger partial charge in [-0.15, -0.1) is 0 Å². The topological polar surface area (TPSA) is 47.6 Å². The molecule has 4 heteroatoms. The summed E-state index contributed by atoms with van der Waals surface area (Å²) in [6.45, 7) is 2.24. The number of H-pyrrole nitrogens is 1. The number of benzene rings is 1. The minimum Gasteiger partial charge on any atom is -0.422 e. The van der Waals surface area contributed by atoms with Crippen LogP contribution in [0.2, 0.25) is 0 Å². The normalized spacial score (nSPS) is 16.2. The first-order valence-electron chi connectivity index (χ1n) is 8.65. The van der Waals surface area contributed by atoms with Crippen LogP contribution >= 0.6 is 0 Å². The van der Waals surface area contributed by atoms with Gasteiger partial charge >= 0.3 is 5.63 Å². The van der Waals surface area contributed by atoms with Gasteiger partial charge in [-0.1, -0.05) is 0 Å². The van der Waals surface area contributed by atoms with Crippen LogP contribution in [0.5, 0.6) is 0 Å². The third-order valence-corrected chi connectivity index (χ3v) is 5.24. The standard InChI is InChI=1S/C20H18N2O2/c23-20-17(13-5-7-21-8-6-13)12-15-11-14-3-1-9-22-10-2-4-16(18(14)22)19(15)24-20/h5-8,11-12H,1-4,9-10H2/p+1. The molecule has 0 amide bonds. The van der Waals surface area contributed by atoms with Crippen molar-refractivity contribution in [2.45, 2.75) is 25.7 Å². The molecule has 0 spiro atoms. The summed E-state index contributed by atoms with van der Waals surface area (Å²) in [5.74, 6) is 0. The zero-order valence-corrected chi connectivity index (χ0v) is 13.5.